The highest BCUT2D eigenvalue weighted by molar-refractivity contribution is 5.94. The Morgan fingerprint density at radius 2 is 1.79 bits per heavy atom. The van der Waals surface area contributed by atoms with Gasteiger partial charge in [-0.2, -0.15) is 0 Å². The van der Waals surface area contributed by atoms with Gasteiger partial charge in [0.1, 0.15) is 23.7 Å². The fourth-order valence-corrected chi connectivity index (χ4v) is 5.90. The average Bonchev–Trinajstić information content (AvgIpc) is 3.15. The van der Waals surface area contributed by atoms with E-state index in [0.29, 0.717) is 19.6 Å². The lowest BCUT2D eigenvalue weighted by atomic mass is 9.98. The number of hydrogen-bond acceptors (Lipinski definition) is 7. The number of amides is 3. The average molecular weight is 538 g/mol. The summed E-state index contributed by atoms with van der Waals surface area (Å²) in [6.45, 7) is 14.0. The quantitative estimate of drug-likeness (QED) is 0.530. The molecule has 1 saturated carbocycles. The highest BCUT2D eigenvalue weighted by Gasteiger charge is 2.69. The summed E-state index contributed by atoms with van der Waals surface area (Å²) in [5.41, 5.74) is -0.839. The number of nitrogens with zero attached hydrogens (tertiary/aromatic N) is 1. The van der Waals surface area contributed by atoms with Crippen LogP contribution < -0.4 is 10.6 Å². The third kappa shape index (κ3) is 7.18. The molecule has 3 fully saturated rings. The van der Waals surface area contributed by atoms with Gasteiger partial charge in [0.15, 0.2) is 0 Å². The number of hydrogen-bond donors (Lipinski definition) is 2. The van der Waals surface area contributed by atoms with Gasteiger partial charge in [-0.1, -0.05) is 39.5 Å². The van der Waals surface area contributed by atoms with Crippen LogP contribution in [0.5, 0.6) is 0 Å². The summed E-state index contributed by atoms with van der Waals surface area (Å²) in [5.74, 6) is -1.07. The van der Waals surface area contributed by atoms with Crippen LogP contribution in [0.15, 0.2) is 0 Å². The summed E-state index contributed by atoms with van der Waals surface area (Å²) < 4.78 is 16.7. The molecular formula is C28H47N3O7. The molecule has 2 saturated heterocycles. The van der Waals surface area contributed by atoms with E-state index in [-0.39, 0.29) is 35.7 Å². The predicted octanol–water partition coefficient (Wildman–Crippen LogP) is 3.17. The zero-order chi connectivity index (χ0) is 28.3. The molecule has 2 heterocycles. The van der Waals surface area contributed by atoms with Crippen LogP contribution in [0.1, 0.15) is 87.0 Å². The van der Waals surface area contributed by atoms with Crippen molar-refractivity contribution in [2.45, 2.75) is 117 Å². The zero-order valence-corrected chi connectivity index (χ0v) is 24.1. The molecule has 6 atom stereocenters. The van der Waals surface area contributed by atoms with Crippen molar-refractivity contribution in [1.29, 1.82) is 0 Å². The van der Waals surface area contributed by atoms with E-state index in [1.54, 1.807) is 39.5 Å². The lowest BCUT2D eigenvalue weighted by Gasteiger charge is -2.35. The molecule has 3 rings (SSSR count). The predicted molar refractivity (Wildman–Crippen MR) is 141 cm³/mol. The van der Waals surface area contributed by atoms with Crippen LogP contribution in [-0.4, -0.2) is 78.4 Å². The molecule has 0 aromatic rings. The minimum atomic E-state index is -1.02. The first-order valence-electron chi connectivity index (χ1n) is 14.2. The Bertz CT molecular complexity index is 884. The minimum Gasteiger partial charge on any atom is -0.464 e. The number of nitrogens with one attached hydrogen (secondary N) is 2. The first-order valence-corrected chi connectivity index (χ1v) is 14.2. The molecule has 0 radical (unpaired) electrons. The Labute approximate surface area is 226 Å². The van der Waals surface area contributed by atoms with Crippen molar-refractivity contribution in [2.75, 3.05) is 19.8 Å². The van der Waals surface area contributed by atoms with Crippen LogP contribution in [0.3, 0.4) is 0 Å². The Balaban J connectivity index is 1.89. The number of carbonyl (C=O) groups excluding carboxylic acids is 4. The van der Waals surface area contributed by atoms with Gasteiger partial charge in [-0.3, -0.25) is 9.59 Å². The van der Waals surface area contributed by atoms with Crippen LogP contribution in [0.4, 0.5) is 4.79 Å². The van der Waals surface area contributed by atoms with Crippen LogP contribution in [0, 0.1) is 17.3 Å². The number of fused-ring (bicyclic) bond motifs is 3. The molecule has 0 aromatic carbocycles. The fraction of sp³-hybridized carbons (Fsp3) is 0.857. The molecule has 2 N–H and O–H groups in total. The monoisotopic (exact) mass is 537 g/mol. The first kappa shape index (κ1) is 30.2. The molecule has 10 heteroatoms. The van der Waals surface area contributed by atoms with Gasteiger partial charge in [0.05, 0.1) is 12.7 Å². The Hall–Kier alpha value is -2.36. The number of ether oxygens (including phenoxy) is 3. The standard InChI is InChI=1S/C28H47N3O7/c1-8-36-25(34)19-14-12-10-9-11-13-15-37-17(2)21(30-26(35)38-27(3,4)5)24(33)31-16-18-20(28(18,6)7)22(31)23(32)29-19/h17-22H,8-16H2,1-7H3,(H,29,32)(H,30,35)/t17-,18-,19-,20-,21-,22-/m0/s1. The number of esters is 1. The van der Waals surface area contributed by atoms with Crippen molar-refractivity contribution in [3.63, 3.8) is 0 Å². The minimum absolute atomic E-state index is 0.0356. The third-order valence-electron chi connectivity index (χ3n) is 8.07. The van der Waals surface area contributed by atoms with Crippen molar-refractivity contribution in [1.82, 2.24) is 15.5 Å². The Morgan fingerprint density at radius 1 is 1.13 bits per heavy atom. The molecule has 38 heavy (non-hydrogen) atoms. The molecule has 3 amide bonds. The maximum Gasteiger partial charge on any atom is 0.408 e. The van der Waals surface area contributed by atoms with E-state index in [1.807, 2.05) is 0 Å². The van der Waals surface area contributed by atoms with Gasteiger partial charge in [-0.25, -0.2) is 9.59 Å². The molecule has 1 aliphatic carbocycles. The van der Waals surface area contributed by atoms with Crippen molar-refractivity contribution in [3.8, 4) is 0 Å². The van der Waals surface area contributed by atoms with Crippen molar-refractivity contribution in [2.24, 2.45) is 17.3 Å². The van der Waals surface area contributed by atoms with E-state index >= 15 is 0 Å². The summed E-state index contributed by atoms with van der Waals surface area (Å²) in [5, 5.41) is 5.63. The number of piperidine rings is 1. The normalized spacial score (nSPS) is 32.4. The molecule has 0 bridgehead atoms. The maximum atomic E-state index is 14.0. The maximum absolute atomic E-state index is 14.0. The van der Waals surface area contributed by atoms with Crippen LogP contribution in [-0.2, 0) is 28.6 Å². The molecule has 2 aliphatic heterocycles. The second kappa shape index (κ2) is 12.2. The highest BCUT2D eigenvalue weighted by Crippen LogP contribution is 2.65. The SMILES string of the molecule is CCOC(=O)[C@@H]1CCCCCCCO[C@@H](C)[C@H](NC(=O)OC(C)(C)C)C(=O)N2C[C@H]3[C@@H]([C@H]2C(=O)N1)C3(C)C. The summed E-state index contributed by atoms with van der Waals surface area (Å²) in [6.07, 6.45) is 3.59. The van der Waals surface area contributed by atoms with Crippen LogP contribution >= 0.6 is 0 Å². The second-order valence-corrected chi connectivity index (χ2v) is 12.5. The van der Waals surface area contributed by atoms with Gasteiger partial charge in [0.25, 0.3) is 0 Å². The first-order chi connectivity index (χ1) is 17.8. The Morgan fingerprint density at radius 3 is 2.45 bits per heavy atom. The molecule has 216 valence electrons. The lowest BCUT2D eigenvalue weighted by Crippen LogP contribution is -2.60. The van der Waals surface area contributed by atoms with Crippen LogP contribution in [0.25, 0.3) is 0 Å². The van der Waals surface area contributed by atoms with Crippen molar-refractivity contribution < 1.29 is 33.4 Å². The van der Waals surface area contributed by atoms with Crippen LogP contribution in [0.2, 0.25) is 0 Å². The van der Waals surface area contributed by atoms with Gasteiger partial charge < -0.3 is 29.7 Å². The van der Waals surface area contributed by atoms with Crippen molar-refractivity contribution in [3.05, 3.63) is 0 Å². The third-order valence-corrected chi connectivity index (χ3v) is 8.07. The van der Waals surface area contributed by atoms with E-state index in [4.69, 9.17) is 14.2 Å². The fourth-order valence-electron chi connectivity index (χ4n) is 5.90. The zero-order valence-electron chi connectivity index (χ0n) is 24.1. The van der Waals surface area contributed by atoms with Gasteiger partial charge in [-0.05, 0) is 64.7 Å². The smallest absolute Gasteiger partial charge is 0.408 e. The molecule has 10 nitrogen and oxygen atoms in total. The summed E-state index contributed by atoms with van der Waals surface area (Å²) >= 11 is 0. The van der Waals surface area contributed by atoms with E-state index in [2.05, 4.69) is 24.5 Å². The second-order valence-electron chi connectivity index (χ2n) is 12.5. The van der Waals surface area contributed by atoms with Gasteiger partial charge >= 0.3 is 12.1 Å². The number of rotatable bonds is 3. The molecule has 0 spiro atoms. The van der Waals surface area contributed by atoms with E-state index in [1.165, 1.54) is 0 Å². The molecular weight excluding hydrogens is 490 g/mol. The van der Waals surface area contributed by atoms with E-state index in [9.17, 15) is 19.2 Å². The Kier molecular flexibility index (Phi) is 9.71. The number of alkyl carbamates (subject to hydrolysis) is 1. The summed E-state index contributed by atoms with van der Waals surface area (Å²) in [4.78, 5) is 54.7. The largest absolute Gasteiger partial charge is 0.464 e. The summed E-state index contributed by atoms with van der Waals surface area (Å²) in [7, 11) is 0. The van der Waals surface area contributed by atoms with E-state index in [0.717, 1.165) is 32.1 Å². The number of carbonyl (C=O) groups is 4. The van der Waals surface area contributed by atoms with E-state index < -0.39 is 41.9 Å². The van der Waals surface area contributed by atoms with Gasteiger partial charge in [0, 0.05) is 13.2 Å². The highest BCUT2D eigenvalue weighted by atomic mass is 16.6. The topological polar surface area (TPSA) is 123 Å². The lowest BCUT2D eigenvalue weighted by molar-refractivity contribution is -0.149. The summed E-state index contributed by atoms with van der Waals surface area (Å²) in [6, 6.07) is -2.52. The van der Waals surface area contributed by atoms with Gasteiger partial charge in [0.2, 0.25) is 11.8 Å². The molecule has 0 unspecified atom stereocenters. The van der Waals surface area contributed by atoms with Crippen molar-refractivity contribution >= 4 is 23.9 Å². The molecule has 0 aromatic heterocycles. The molecule has 3 aliphatic rings. The van der Waals surface area contributed by atoms with Gasteiger partial charge in [-0.15, -0.1) is 0 Å².